The van der Waals surface area contributed by atoms with E-state index in [1.54, 1.807) is 23.1 Å². The third-order valence-corrected chi connectivity index (χ3v) is 6.10. The van der Waals surface area contributed by atoms with Gasteiger partial charge in [0.1, 0.15) is 12.1 Å². The third-order valence-electron chi connectivity index (χ3n) is 6.10. The number of carbonyl (C=O) groups is 2. The smallest absolute Gasteiger partial charge is 0.316 e. The number of nitrogens with one attached hydrogen (secondary N) is 1. The standard InChI is InChI=1S/C23H33N7O4/c1-23(2,3)19(30-14-17(27-28-30)15-6-7-15)21(33)29-13-16(31)12-18(29)20(32)24-10-5-11-34-22-25-8-4-9-26-22/h4,8-9,14-16,18-19,31H,5-7,10-13H2,1-3H3,(H,24,32)/t16?,18?,19-/m1/s1. The predicted molar refractivity (Wildman–Crippen MR) is 122 cm³/mol. The van der Waals surface area contributed by atoms with Crippen LogP contribution in [0.4, 0.5) is 0 Å². The molecule has 2 N–H and O–H groups in total. The van der Waals surface area contributed by atoms with E-state index < -0.39 is 23.6 Å². The van der Waals surface area contributed by atoms with Crippen molar-refractivity contribution in [1.29, 1.82) is 0 Å². The summed E-state index contributed by atoms with van der Waals surface area (Å²) in [5, 5.41) is 21.7. The van der Waals surface area contributed by atoms with Crippen LogP contribution in [0, 0.1) is 5.41 Å². The number of amides is 2. The Hall–Kier alpha value is -3.08. The molecule has 0 spiro atoms. The van der Waals surface area contributed by atoms with Crippen LogP contribution in [0.1, 0.15) is 64.1 Å². The second-order valence-electron chi connectivity index (χ2n) is 10.1. The maximum absolute atomic E-state index is 13.7. The number of β-amino-alcohol motifs (C(OH)–C–C–N with tert-alkyl or cyclic N) is 1. The summed E-state index contributed by atoms with van der Waals surface area (Å²) in [5.74, 6) is -0.0965. The topological polar surface area (TPSA) is 135 Å². The van der Waals surface area contributed by atoms with Gasteiger partial charge >= 0.3 is 6.01 Å². The lowest BCUT2D eigenvalue weighted by atomic mass is 9.85. The zero-order valence-corrected chi connectivity index (χ0v) is 19.9. The largest absolute Gasteiger partial charge is 0.463 e. The number of ether oxygens (including phenoxy) is 1. The molecule has 2 aromatic heterocycles. The Morgan fingerprint density at radius 2 is 2.00 bits per heavy atom. The number of aliphatic hydroxyl groups is 1. The van der Waals surface area contributed by atoms with Gasteiger partial charge in [0, 0.05) is 44.0 Å². The van der Waals surface area contributed by atoms with E-state index in [1.165, 1.54) is 4.90 Å². The Morgan fingerprint density at radius 1 is 1.26 bits per heavy atom. The molecule has 1 saturated carbocycles. The van der Waals surface area contributed by atoms with Crippen LogP contribution in [0.25, 0.3) is 0 Å². The summed E-state index contributed by atoms with van der Waals surface area (Å²) in [6, 6.07) is 0.621. The van der Waals surface area contributed by atoms with E-state index in [2.05, 4.69) is 25.6 Å². The summed E-state index contributed by atoms with van der Waals surface area (Å²) in [6.07, 6.45) is 7.23. The summed E-state index contributed by atoms with van der Waals surface area (Å²) >= 11 is 0. The molecule has 1 saturated heterocycles. The molecular weight excluding hydrogens is 438 g/mol. The van der Waals surface area contributed by atoms with Gasteiger partial charge in [-0.05, 0) is 30.7 Å². The zero-order valence-electron chi connectivity index (χ0n) is 19.9. The molecule has 2 unspecified atom stereocenters. The third kappa shape index (κ3) is 5.69. The average molecular weight is 472 g/mol. The maximum Gasteiger partial charge on any atom is 0.316 e. The fourth-order valence-electron chi connectivity index (χ4n) is 4.25. The molecule has 0 aromatic carbocycles. The summed E-state index contributed by atoms with van der Waals surface area (Å²) < 4.78 is 7.06. The van der Waals surface area contributed by atoms with E-state index in [9.17, 15) is 14.7 Å². The van der Waals surface area contributed by atoms with Gasteiger partial charge in [0.2, 0.25) is 11.8 Å². The van der Waals surface area contributed by atoms with Crippen molar-refractivity contribution in [2.75, 3.05) is 19.7 Å². The van der Waals surface area contributed by atoms with Crippen molar-refractivity contribution >= 4 is 11.8 Å². The van der Waals surface area contributed by atoms with Gasteiger partial charge in [-0.25, -0.2) is 14.6 Å². The average Bonchev–Trinajstić information content (AvgIpc) is 3.40. The van der Waals surface area contributed by atoms with Gasteiger partial charge in [0.25, 0.3) is 0 Å². The van der Waals surface area contributed by atoms with E-state index in [4.69, 9.17) is 4.74 Å². The van der Waals surface area contributed by atoms with E-state index >= 15 is 0 Å². The first-order chi connectivity index (χ1) is 16.2. The molecule has 11 nitrogen and oxygen atoms in total. The Kier molecular flexibility index (Phi) is 7.11. The molecule has 2 amide bonds. The second-order valence-corrected chi connectivity index (χ2v) is 10.1. The second kappa shape index (κ2) is 10.0. The van der Waals surface area contributed by atoms with Gasteiger partial charge in [0.15, 0.2) is 0 Å². The van der Waals surface area contributed by atoms with Crippen molar-refractivity contribution in [3.63, 3.8) is 0 Å². The predicted octanol–water partition coefficient (Wildman–Crippen LogP) is 1.08. The minimum atomic E-state index is -0.753. The van der Waals surface area contributed by atoms with Crippen LogP contribution in [0.2, 0.25) is 0 Å². The van der Waals surface area contributed by atoms with Crippen molar-refractivity contribution in [3.05, 3.63) is 30.4 Å². The monoisotopic (exact) mass is 471 g/mol. The molecule has 0 radical (unpaired) electrons. The van der Waals surface area contributed by atoms with E-state index in [0.29, 0.717) is 25.5 Å². The molecule has 2 aromatic rings. The number of hydrogen-bond donors (Lipinski definition) is 2. The van der Waals surface area contributed by atoms with Crippen LogP contribution in [0.3, 0.4) is 0 Å². The fourth-order valence-corrected chi connectivity index (χ4v) is 4.25. The number of aliphatic hydroxyl groups excluding tert-OH is 1. The highest BCUT2D eigenvalue weighted by Gasteiger charge is 2.45. The van der Waals surface area contributed by atoms with Crippen LogP contribution in [-0.2, 0) is 9.59 Å². The Labute approximate surface area is 198 Å². The lowest BCUT2D eigenvalue weighted by Gasteiger charge is -2.34. The minimum absolute atomic E-state index is 0.113. The molecular formula is C23H33N7O4. The van der Waals surface area contributed by atoms with Gasteiger partial charge < -0.3 is 20.1 Å². The molecule has 3 heterocycles. The summed E-state index contributed by atoms with van der Waals surface area (Å²) in [7, 11) is 0. The van der Waals surface area contributed by atoms with Crippen molar-refractivity contribution < 1.29 is 19.4 Å². The summed E-state index contributed by atoms with van der Waals surface area (Å²) in [5.41, 5.74) is 0.442. The van der Waals surface area contributed by atoms with Gasteiger partial charge in [-0.3, -0.25) is 9.59 Å². The lowest BCUT2D eigenvalue weighted by molar-refractivity contribution is -0.144. The first-order valence-electron chi connectivity index (χ1n) is 11.8. The maximum atomic E-state index is 13.7. The van der Waals surface area contributed by atoms with Crippen LogP contribution in [0.5, 0.6) is 6.01 Å². The number of likely N-dealkylation sites (tertiary alicyclic amines) is 1. The van der Waals surface area contributed by atoms with Crippen molar-refractivity contribution in [2.45, 2.75) is 70.6 Å². The molecule has 1 aliphatic heterocycles. The Balaban J connectivity index is 1.37. The molecule has 0 bridgehead atoms. The Bertz CT molecular complexity index is 987. The summed E-state index contributed by atoms with van der Waals surface area (Å²) in [4.78, 5) is 36.1. The molecule has 34 heavy (non-hydrogen) atoms. The fraction of sp³-hybridized carbons (Fsp3) is 0.652. The van der Waals surface area contributed by atoms with E-state index in [0.717, 1.165) is 18.5 Å². The zero-order chi connectivity index (χ0) is 24.3. The van der Waals surface area contributed by atoms with Crippen LogP contribution in [0.15, 0.2) is 24.7 Å². The molecule has 4 rings (SSSR count). The lowest BCUT2D eigenvalue weighted by Crippen LogP contribution is -2.50. The first kappa shape index (κ1) is 24.1. The Morgan fingerprint density at radius 3 is 2.68 bits per heavy atom. The molecule has 2 aliphatic rings. The highest BCUT2D eigenvalue weighted by molar-refractivity contribution is 5.90. The molecule has 184 valence electrons. The number of carbonyl (C=O) groups excluding carboxylic acids is 2. The quantitative estimate of drug-likeness (QED) is 0.519. The molecule has 2 fully saturated rings. The highest BCUT2D eigenvalue weighted by atomic mass is 16.5. The first-order valence-corrected chi connectivity index (χ1v) is 11.8. The van der Waals surface area contributed by atoms with Gasteiger partial charge in [-0.15, -0.1) is 5.10 Å². The minimum Gasteiger partial charge on any atom is -0.463 e. The van der Waals surface area contributed by atoms with Crippen molar-refractivity contribution in [2.24, 2.45) is 5.41 Å². The highest BCUT2D eigenvalue weighted by Crippen LogP contribution is 2.40. The molecule has 11 heteroatoms. The SMILES string of the molecule is CC(C)(C)[C@@H](C(=O)N1CC(O)CC1C(=O)NCCCOc1ncccn1)n1cc(C2CC2)nn1. The van der Waals surface area contributed by atoms with Crippen LogP contribution >= 0.6 is 0 Å². The number of rotatable bonds is 9. The van der Waals surface area contributed by atoms with Gasteiger partial charge in [0.05, 0.1) is 18.4 Å². The van der Waals surface area contributed by atoms with E-state index in [1.807, 2.05) is 27.0 Å². The summed E-state index contributed by atoms with van der Waals surface area (Å²) in [6.45, 7) is 6.73. The normalized spacial score (nSPS) is 21.4. The van der Waals surface area contributed by atoms with Crippen molar-refractivity contribution in [3.8, 4) is 6.01 Å². The van der Waals surface area contributed by atoms with Crippen molar-refractivity contribution in [1.82, 2.24) is 35.2 Å². The molecule has 1 aliphatic carbocycles. The number of aromatic nitrogens is 5. The number of hydrogen-bond acceptors (Lipinski definition) is 8. The molecule has 3 atom stereocenters. The number of nitrogens with zero attached hydrogens (tertiary/aromatic N) is 6. The van der Waals surface area contributed by atoms with Crippen LogP contribution < -0.4 is 10.1 Å². The van der Waals surface area contributed by atoms with Crippen LogP contribution in [-0.4, -0.2) is 78.6 Å². The van der Waals surface area contributed by atoms with Gasteiger partial charge in [-0.1, -0.05) is 26.0 Å². The van der Waals surface area contributed by atoms with E-state index in [-0.39, 0.29) is 30.8 Å². The van der Waals surface area contributed by atoms with Gasteiger partial charge in [-0.2, -0.15) is 0 Å².